The van der Waals surface area contributed by atoms with Gasteiger partial charge in [-0.05, 0) is 112 Å². The number of nitrogens with zero attached hydrogens (tertiary/aromatic N) is 2. The molecule has 0 bridgehead atoms. The lowest BCUT2D eigenvalue weighted by Gasteiger charge is -2.20. The van der Waals surface area contributed by atoms with Gasteiger partial charge in [0.15, 0.2) is 0 Å². The number of carbonyl (C=O) groups excluding carboxylic acids is 3. The molecule has 0 radical (unpaired) electrons. The maximum absolute atomic E-state index is 12.0. The highest BCUT2D eigenvalue weighted by Crippen LogP contribution is 2.36. The average Bonchev–Trinajstić information content (AvgIpc) is 3.72. The number of nitrogens with two attached hydrogens (primary N) is 1. The Balaban J connectivity index is 0.000000208. The van der Waals surface area contributed by atoms with Gasteiger partial charge in [-0.15, -0.1) is 0 Å². The van der Waals surface area contributed by atoms with Crippen LogP contribution in [-0.4, -0.2) is 45.5 Å². The number of ether oxygens (including phenoxy) is 4. The Labute approximate surface area is 351 Å². The second kappa shape index (κ2) is 19.7. The second-order valence-electron chi connectivity index (χ2n) is 16.5. The van der Waals surface area contributed by atoms with Crippen LogP contribution in [0.2, 0.25) is 0 Å². The van der Waals surface area contributed by atoms with Gasteiger partial charge in [-0.2, -0.15) is 0 Å². The third kappa shape index (κ3) is 14.5. The van der Waals surface area contributed by atoms with Crippen molar-refractivity contribution in [2.45, 2.75) is 93.0 Å². The Morgan fingerprint density at radius 2 is 0.933 bits per heavy atom. The first-order valence-corrected chi connectivity index (χ1v) is 19.2. The Morgan fingerprint density at radius 3 is 1.35 bits per heavy atom. The van der Waals surface area contributed by atoms with Crippen molar-refractivity contribution in [3.05, 3.63) is 121 Å². The number of hydrogen-bond donors (Lipinski definition) is 2. The molecule has 0 aliphatic carbocycles. The van der Waals surface area contributed by atoms with Gasteiger partial charge in [0.1, 0.15) is 39.7 Å². The van der Waals surface area contributed by atoms with Gasteiger partial charge in [0.05, 0.1) is 11.1 Å². The highest BCUT2D eigenvalue weighted by molar-refractivity contribution is 5.88. The van der Waals surface area contributed by atoms with Gasteiger partial charge in [0, 0.05) is 22.5 Å². The van der Waals surface area contributed by atoms with Crippen molar-refractivity contribution in [3.63, 3.8) is 0 Å². The predicted octanol–water partition coefficient (Wildman–Crippen LogP) is 12.4. The Kier molecular flexibility index (Phi) is 15.0. The molecule has 0 saturated heterocycles. The zero-order chi connectivity index (χ0) is 44.3. The van der Waals surface area contributed by atoms with Crippen molar-refractivity contribution < 1.29 is 42.4 Å². The van der Waals surface area contributed by atoms with E-state index in [-0.39, 0.29) is 0 Å². The molecule has 13 heteroatoms. The lowest BCUT2D eigenvalue weighted by atomic mass is 9.99. The molecule has 316 valence electrons. The van der Waals surface area contributed by atoms with Crippen LogP contribution in [0.4, 0.5) is 25.8 Å². The van der Waals surface area contributed by atoms with Crippen LogP contribution >= 0.6 is 0 Å². The van der Waals surface area contributed by atoms with Crippen molar-refractivity contribution in [1.29, 1.82) is 0 Å². The smallest absolute Gasteiger partial charge is 0.444 e. The molecule has 2 aromatic heterocycles. The monoisotopic (exact) mass is 818 g/mol. The van der Waals surface area contributed by atoms with Crippen LogP contribution in [0.25, 0.3) is 44.8 Å². The zero-order valence-corrected chi connectivity index (χ0v) is 36.0. The fourth-order valence-electron chi connectivity index (χ4n) is 5.49. The zero-order valence-electron chi connectivity index (χ0n) is 36.0. The molecule has 2 heterocycles. The standard InChI is InChI=1S/C21H22N2O3.C16H14N2O.C10H18O5/c1-14-18(19(23-26-14)15-9-6-5-7-10-15)16-11-8-12-17(13-16)22-20(24)25-21(2,3)4;1-11-15(13-8-5-9-14(17)10-13)16(18-19-11)12-6-3-2-4-7-12;1-9(2,3)14-7(11)13-8(12)15-10(4,5)6/h5-13H,1-4H3,(H,22,24);2-10H,17H2,1H3;1-6H3. The quantitative estimate of drug-likeness (QED) is 0.0729. The number of nitrogen functional groups attached to an aromatic ring is 1. The summed E-state index contributed by atoms with van der Waals surface area (Å²) in [6.45, 7) is 19.3. The van der Waals surface area contributed by atoms with Crippen LogP contribution in [0.1, 0.15) is 73.8 Å². The summed E-state index contributed by atoms with van der Waals surface area (Å²) in [5, 5.41) is 11.2. The van der Waals surface area contributed by atoms with Crippen LogP contribution in [0, 0.1) is 13.8 Å². The van der Waals surface area contributed by atoms with E-state index in [9.17, 15) is 14.4 Å². The van der Waals surface area contributed by atoms with E-state index in [1.54, 1.807) is 41.5 Å². The van der Waals surface area contributed by atoms with Gasteiger partial charge < -0.3 is 33.7 Å². The predicted molar refractivity (Wildman–Crippen MR) is 232 cm³/mol. The summed E-state index contributed by atoms with van der Waals surface area (Å²) < 4.78 is 29.9. The number of carbonyl (C=O) groups is 3. The molecule has 60 heavy (non-hydrogen) atoms. The summed E-state index contributed by atoms with van der Waals surface area (Å²) >= 11 is 0. The van der Waals surface area contributed by atoms with E-state index in [1.807, 2.05) is 144 Å². The molecule has 13 nitrogen and oxygen atoms in total. The summed E-state index contributed by atoms with van der Waals surface area (Å²) in [6.07, 6.45) is -2.60. The van der Waals surface area contributed by atoms with E-state index in [1.165, 1.54) is 0 Å². The van der Waals surface area contributed by atoms with Crippen molar-refractivity contribution >= 4 is 29.8 Å². The summed E-state index contributed by atoms with van der Waals surface area (Å²) in [6, 6.07) is 35.2. The number of nitrogens with one attached hydrogen (secondary N) is 1. The van der Waals surface area contributed by atoms with Crippen LogP contribution in [0.15, 0.2) is 118 Å². The fraction of sp³-hybridized carbons (Fsp3) is 0.298. The minimum Gasteiger partial charge on any atom is -0.444 e. The number of aryl methyl sites for hydroxylation is 2. The third-order valence-corrected chi connectivity index (χ3v) is 7.74. The molecular weight excluding hydrogens is 765 g/mol. The van der Waals surface area contributed by atoms with Crippen molar-refractivity contribution in [1.82, 2.24) is 10.3 Å². The van der Waals surface area contributed by atoms with Gasteiger partial charge in [0.25, 0.3) is 0 Å². The lowest BCUT2D eigenvalue weighted by molar-refractivity contribution is -0.0294. The van der Waals surface area contributed by atoms with E-state index in [2.05, 4.69) is 20.4 Å². The molecule has 0 atom stereocenters. The maximum Gasteiger partial charge on any atom is 0.519 e. The molecule has 0 fully saturated rings. The summed E-state index contributed by atoms with van der Waals surface area (Å²) in [4.78, 5) is 34.0. The van der Waals surface area contributed by atoms with Crippen molar-refractivity contribution in [2.75, 3.05) is 11.1 Å². The minimum absolute atomic E-state index is 0.486. The Bertz CT molecular complexity index is 2320. The van der Waals surface area contributed by atoms with E-state index in [0.29, 0.717) is 5.69 Å². The van der Waals surface area contributed by atoms with Crippen LogP contribution < -0.4 is 11.1 Å². The fourth-order valence-corrected chi connectivity index (χ4v) is 5.49. The first-order chi connectivity index (χ1) is 28.1. The molecule has 0 saturated carbocycles. The first kappa shape index (κ1) is 45.8. The van der Waals surface area contributed by atoms with Crippen molar-refractivity contribution in [3.8, 4) is 44.8 Å². The number of rotatable bonds is 5. The Hall–Kier alpha value is -6.89. The normalized spacial score (nSPS) is 11.2. The van der Waals surface area contributed by atoms with Gasteiger partial charge in [-0.1, -0.05) is 95.2 Å². The average molecular weight is 819 g/mol. The third-order valence-electron chi connectivity index (χ3n) is 7.74. The molecular formula is C47H54N4O9. The molecule has 0 aliphatic rings. The highest BCUT2D eigenvalue weighted by Gasteiger charge is 2.25. The molecule has 6 aromatic rings. The molecule has 1 amide bonds. The number of aromatic nitrogens is 2. The minimum atomic E-state index is -1.06. The number of benzene rings is 4. The lowest BCUT2D eigenvalue weighted by Crippen LogP contribution is -2.29. The summed E-state index contributed by atoms with van der Waals surface area (Å²) in [5.41, 5.74) is 12.8. The largest absolute Gasteiger partial charge is 0.519 e. The van der Waals surface area contributed by atoms with Crippen LogP contribution in [0.3, 0.4) is 0 Å². The highest BCUT2D eigenvalue weighted by atomic mass is 16.8. The topological polar surface area (TPSA) is 178 Å². The second-order valence-corrected chi connectivity index (χ2v) is 16.5. The summed E-state index contributed by atoms with van der Waals surface area (Å²) in [5.74, 6) is 1.52. The molecule has 0 aliphatic heterocycles. The number of amides is 1. The number of hydrogen-bond acceptors (Lipinski definition) is 12. The van der Waals surface area contributed by atoms with E-state index in [0.717, 1.165) is 62.0 Å². The van der Waals surface area contributed by atoms with Gasteiger partial charge >= 0.3 is 18.4 Å². The van der Waals surface area contributed by atoms with Crippen molar-refractivity contribution in [2.24, 2.45) is 0 Å². The van der Waals surface area contributed by atoms with Gasteiger partial charge in [0.2, 0.25) is 0 Å². The van der Waals surface area contributed by atoms with Gasteiger partial charge in [-0.3, -0.25) is 5.32 Å². The molecule has 6 rings (SSSR count). The van der Waals surface area contributed by atoms with E-state index >= 15 is 0 Å². The van der Waals surface area contributed by atoms with Gasteiger partial charge in [-0.25, -0.2) is 14.4 Å². The molecule has 4 aromatic carbocycles. The maximum atomic E-state index is 12.0. The van der Waals surface area contributed by atoms with E-state index < -0.39 is 35.2 Å². The SMILES string of the molecule is CC(C)(C)OC(=O)OC(=O)OC(C)(C)C.Cc1onc(-c2ccccc2)c1-c1cccc(N)c1.Cc1onc(-c2ccccc2)c1-c1cccc(NC(=O)OC(C)(C)C)c1. The summed E-state index contributed by atoms with van der Waals surface area (Å²) in [7, 11) is 0. The van der Waals surface area contributed by atoms with Crippen LogP contribution in [-0.2, 0) is 18.9 Å². The Morgan fingerprint density at radius 1 is 0.533 bits per heavy atom. The molecule has 0 spiro atoms. The van der Waals surface area contributed by atoms with E-state index in [4.69, 9.17) is 29.0 Å². The number of anilines is 2. The molecule has 0 unspecified atom stereocenters. The molecule has 3 N–H and O–H groups in total. The van der Waals surface area contributed by atoms with Crippen LogP contribution in [0.5, 0.6) is 0 Å². The first-order valence-electron chi connectivity index (χ1n) is 19.2.